The zero-order valence-corrected chi connectivity index (χ0v) is 9.77. The van der Waals surface area contributed by atoms with Crippen molar-refractivity contribution in [1.82, 2.24) is 4.98 Å². The van der Waals surface area contributed by atoms with Crippen LogP contribution >= 0.6 is 11.3 Å². The second kappa shape index (κ2) is 4.38. The fraction of sp³-hybridized carbons (Fsp3) is 0.600. The highest BCUT2D eigenvalue weighted by molar-refractivity contribution is 7.13. The summed E-state index contributed by atoms with van der Waals surface area (Å²) in [6.07, 6.45) is -3.17. The van der Waals surface area contributed by atoms with Crippen molar-refractivity contribution in [3.05, 3.63) is 16.1 Å². The molecular formula is C10H10F3NO2S. The summed E-state index contributed by atoms with van der Waals surface area (Å²) in [4.78, 5) is 15.2. The van der Waals surface area contributed by atoms with Gasteiger partial charge in [-0.1, -0.05) is 0 Å². The molecule has 0 N–H and O–H groups in total. The molecule has 0 aliphatic carbocycles. The standard InChI is InChI=1S/C10H10F3NO2S/c1-5-6(2-3-16-5)8(15)7-4-14-9(17-7)10(11,12)13/h4-6H,2-3H2,1H3. The van der Waals surface area contributed by atoms with Crippen LogP contribution in [0.4, 0.5) is 13.2 Å². The van der Waals surface area contributed by atoms with E-state index in [0.717, 1.165) is 6.20 Å². The third kappa shape index (κ3) is 2.50. The van der Waals surface area contributed by atoms with Crippen molar-refractivity contribution in [1.29, 1.82) is 0 Å². The van der Waals surface area contributed by atoms with E-state index in [1.165, 1.54) is 0 Å². The van der Waals surface area contributed by atoms with E-state index in [0.29, 0.717) is 24.4 Å². The van der Waals surface area contributed by atoms with Crippen molar-refractivity contribution in [2.75, 3.05) is 6.61 Å². The van der Waals surface area contributed by atoms with Gasteiger partial charge in [0, 0.05) is 12.8 Å². The van der Waals surface area contributed by atoms with Crippen LogP contribution in [0.5, 0.6) is 0 Å². The van der Waals surface area contributed by atoms with Gasteiger partial charge in [0.2, 0.25) is 0 Å². The van der Waals surface area contributed by atoms with Crippen molar-refractivity contribution in [2.24, 2.45) is 5.92 Å². The molecule has 17 heavy (non-hydrogen) atoms. The minimum atomic E-state index is -4.49. The number of carbonyl (C=O) groups excluding carboxylic acids is 1. The predicted octanol–water partition coefficient (Wildman–Crippen LogP) is 2.77. The number of Topliss-reactive ketones (excluding diaryl/α,β-unsaturated/α-hetero) is 1. The molecule has 0 saturated carbocycles. The number of nitrogens with zero attached hydrogens (tertiary/aromatic N) is 1. The average Bonchev–Trinajstić information content (AvgIpc) is 2.83. The molecule has 2 atom stereocenters. The Bertz CT molecular complexity index is 429. The Hall–Kier alpha value is -0.950. The van der Waals surface area contributed by atoms with Gasteiger partial charge in [-0.05, 0) is 13.3 Å². The first-order valence-electron chi connectivity index (χ1n) is 5.08. The monoisotopic (exact) mass is 265 g/mol. The van der Waals surface area contributed by atoms with Crippen LogP contribution in [0.2, 0.25) is 0 Å². The number of hydrogen-bond donors (Lipinski definition) is 0. The van der Waals surface area contributed by atoms with Gasteiger partial charge in [0.25, 0.3) is 0 Å². The molecule has 0 spiro atoms. The topological polar surface area (TPSA) is 39.2 Å². The fourth-order valence-corrected chi connectivity index (χ4v) is 2.56. The summed E-state index contributed by atoms with van der Waals surface area (Å²) in [6.45, 7) is 2.23. The first-order chi connectivity index (χ1) is 7.89. The van der Waals surface area contributed by atoms with E-state index >= 15 is 0 Å². The van der Waals surface area contributed by atoms with Crippen LogP contribution in [-0.2, 0) is 10.9 Å². The highest BCUT2D eigenvalue weighted by Crippen LogP contribution is 2.34. The van der Waals surface area contributed by atoms with Gasteiger partial charge in [0.05, 0.1) is 16.9 Å². The maximum absolute atomic E-state index is 12.3. The van der Waals surface area contributed by atoms with E-state index in [4.69, 9.17) is 4.74 Å². The van der Waals surface area contributed by atoms with Crippen molar-refractivity contribution in [2.45, 2.75) is 25.6 Å². The number of thiazole rings is 1. The van der Waals surface area contributed by atoms with E-state index in [1.54, 1.807) is 6.92 Å². The van der Waals surface area contributed by atoms with Gasteiger partial charge in [-0.3, -0.25) is 4.79 Å². The quantitative estimate of drug-likeness (QED) is 0.772. The van der Waals surface area contributed by atoms with Crippen molar-refractivity contribution < 1.29 is 22.7 Å². The maximum Gasteiger partial charge on any atom is 0.443 e. The van der Waals surface area contributed by atoms with Gasteiger partial charge in [0.1, 0.15) is 0 Å². The molecule has 0 radical (unpaired) electrons. The average molecular weight is 265 g/mol. The zero-order chi connectivity index (χ0) is 12.6. The predicted molar refractivity (Wildman–Crippen MR) is 55.0 cm³/mol. The minimum Gasteiger partial charge on any atom is -0.378 e. The number of hydrogen-bond acceptors (Lipinski definition) is 4. The molecule has 3 nitrogen and oxygen atoms in total. The van der Waals surface area contributed by atoms with Crippen LogP contribution in [0, 0.1) is 5.92 Å². The van der Waals surface area contributed by atoms with Crippen molar-refractivity contribution in [3.8, 4) is 0 Å². The summed E-state index contributed by atoms with van der Waals surface area (Å²) < 4.78 is 42.2. The van der Waals surface area contributed by atoms with Gasteiger partial charge in [-0.25, -0.2) is 4.98 Å². The molecule has 1 aromatic heterocycles. The van der Waals surface area contributed by atoms with Crippen LogP contribution in [0.25, 0.3) is 0 Å². The number of halogens is 3. The van der Waals surface area contributed by atoms with Gasteiger partial charge in [-0.2, -0.15) is 13.2 Å². The maximum atomic E-state index is 12.3. The lowest BCUT2D eigenvalue weighted by molar-refractivity contribution is -0.137. The Balaban J connectivity index is 2.18. The third-order valence-electron chi connectivity index (χ3n) is 2.70. The molecule has 1 aromatic rings. The van der Waals surface area contributed by atoms with Gasteiger partial charge in [-0.15, -0.1) is 11.3 Å². The first kappa shape index (κ1) is 12.5. The molecular weight excluding hydrogens is 255 g/mol. The number of carbonyl (C=O) groups is 1. The number of aromatic nitrogens is 1. The SMILES string of the molecule is CC1OCCC1C(=O)c1cnc(C(F)(F)F)s1. The minimum absolute atomic E-state index is 0.0553. The lowest BCUT2D eigenvalue weighted by atomic mass is 9.97. The Morgan fingerprint density at radius 1 is 1.59 bits per heavy atom. The highest BCUT2D eigenvalue weighted by Gasteiger charge is 2.37. The fourth-order valence-electron chi connectivity index (χ4n) is 1.78. The third-order valence-corrected chi connectivity index (χ3v) is 3.76. The van der Waals surface area contributed by atoms with Crippen LogP contribution in [-0.4, -0.2) is 23.5 Å². The second-order valence-electron chi connectivity index (χ2n) is 3.86. The normalized spacial score (nSPS) is 25.2. The lowest BCUT2D eigenvalue weighted by Gasteiger charge is -2.10. The summed E-state index contributed by atoms with van der Waals surface area (Å²) in [6, 6.07) is 0. The second-order valence-corrected chi connectivity index (χ2v) is 4.89. The number of rotatable bonds is 2. The molecule has 2 rings (SSSR count). The summed E-state index contributed by atoms with van der Waals surface area (Å²) in [5, 5.41) is -0.979. The van der Waals surface area contributed by atoms with Crippen LogP contribution in [0.1, 0.15) is 28.0 Å². The van der Waals surface area contributed by atoms with E-state index in [-0.39, 0.29) is 22.7 Å². The van der Waals surface area contributed by atoms with E-state index in [9.17, 15) is 18.0 Å². The molecule has 1 aliphatic rings. The van der Waals surface area contributed by atoms with Crippen LogP contribution in [0.15, 0.2) is 6.20 Å². The van der Waals surface area contributed by atoms with Crippen LogP contribution < -0.4 is 0 Å². The number of alkyl halides is 3. The van der Waals surface area contributed by atoms with E-state index in [2.05, 4.69) is 4.98 Å². The van der Waals surface area contributed by atoms with Gasteiger partial charge < -0.3 is 4.74 Å². The summed E-state index contributed by atoms with van der Waals surface area (Å²) in [7, 11) is 0. The summed E-state index contributed by atoms with van der Waals surface area (Å²) >= 11 is 0.396. The summed E-state index contributed by atoms with van der Waals surface area (Å²) in [5.74, 6) is -0.653. The largest absolute Gasteiger partial charge is 0.443 e. The van der Waals surface area contributed by atoms with Crippen molar-refractivity contribution >= 4 is 17.1 Å². The Morgan fingerprint density at radius 2 is 2.29 bits per heavy atom. The lowest BCUT2D eigenvalue weighted by Crippen LogP contribution is -2.20. The molecule has 0 amide bonds. The molecule has 7 heteroatoms. The molecule has 2 unspecified atom stereocenters. The summed E-state index contributed by atoms with van der Waals surface area (Å²) in [5.41, 5.74) is 0. The van der Waals surface area contributed by atoms with Gasteiger partial charge in [0.15, 0.2) is 10.8 Å². The highest BCUT2D eigenvalue weighted by atomic mass is 32.1. The molecule has 1 saturated heterocycles. The number of ether oxygens (including phenoxy) is 1. The molecule has 0 bridgehead atoms. The molecule has 2 heterocycles. The Labute approximate surface area is 99.6 Å². The zero-order valence-electron chi connectivity index (χ0n) is 8.95. The molecule has 1 fully saturated rings. The smallest absolute Gasteiger partial charge is 0.378 e. The molecule has 94 valence electrons. The molecule has 1 aliphatic heterocycles. The molecule has 0 aromatic carbocycles. The van der Waals surface area contributed by atoms with E-state index in [1.807, 2.05) is 0 Å². The number of ketones is 1. The Morgan fingerprint density at radius 3 is 2.76 bits per heavy atom. The van der Waals surface area contributed by atoms with Crippen molar-refractivity contribution in [3.63, 3.8) is 0 Å². The van der Waals surface area contributed by atoms with Gasteiger partial charge >= 0.3 is 6.18 Å². The van der Waals surface area contributed by atoms with Crippen LogP contribution in [0.3, 0.4) is 0 Å². The first-order valence-corrected chi connectivity index (χ1v) is 5.90. The van der Waals surface area contributed by atoms with E-state index < -0.39 is 11.2 Å². The Kier molecular flexibility index (Phi) is 3.22.